The van der Waals surface area contributed by atoms with Crippen LogP contribution in [0.15, 0.2) is 0 Å². The number of rotatable bonds is 15. The van der Waals surface area contributed by atoms with Crippen LogP contribution in [-0.4, -0.2) is 35.1 Å². The van der Waals surface area contributed by atoms with E-state index in [4.69, 9.17) is 9.99 Å². The minimum absolute atomic E-state index is 0.117. The van der Waals surface area contributed by atoms with Crippen LogP contribution in [-0.2, 0) is 18.9 Å². The molecule has 0 aliphatic rings. The zero-order chi connectivity index (χ0) is 14.9. The Morgan fingerprint density at radius 2 is 1.80 bits per heavy atom. The Morgan fingerprint density at radius 3 is 2.55 bits per heavy atom. The highest BCUT2D eigenvalue weighted by Crippen LogP contribution is 2.10. The van der Waals surface area contributed by atoms with E-state index in [1.807, 2.05) is 0 Å². The van der Waals surface area contributed by atoms with Gasteiger partial charge in [-0.1, -0.05) is 44.1 Å². The van der Waals surface area contributed by atoms with Crippen LogP contribution in [0.4, 0.5) is 0 Å². The summed E-state index contributed by atoms with van der Waals surface area (Å²) < 4.78 is 9.39. The molecule has 5 nitrogen and oxygen atoms in total. The van der Waals surface area contributed by atoms with Gasteiger partial charge in [0.1, 0.15) is 0 Å². The van der Waals surface area contributed by atoms with Crippen LogP contribution >= 0.6 is 23.8 Å². The van der Waals surface area contributed by atoms with Gasteiger partial charge in [-0.3, -0.25) is 4.79 Å². The lowest BCUT2D eigenvalue weighted by Crippen LogP contribution is -2.07. The maximum Gasteiger partial charge on any atom is 0.306 e. The summed E-state index contributed by atoms with van der Waals surface area (Å²) in [5, 5.41) is 11.3. The molecule has 0 aromatic heterocycles. The summed E-state index contributed by atoms with van der Waals surface area (Å²) in [6.07, 6.45) is 7.63. The molecular formula is C13H26O5S2. The maximum atomic E-state index is 11.4. The Bertz CT molecular complexity index is 197. The van der Waals surface area contributed by atoms with E-state index in [0.717, 1.165) is 36.4 Å². The van der Waals surface area contributed by atoms with E-state index >= 15 is 0 Å². The van der Waals surface area contributed by atoms with Gasteiger partial charge in [-0.15, -0.1) is 4.33 Å². The van der Waals surface area contributed by atoms with Gasteiger partial charge in [-0.05, 0) is 6.42 Å². The van der Waals surface area contributed by atoms with Crippen molar-refractivity contribution in [3.63, 3.8) is 0 Å². The molecular weight excluding hydrogens is 300 g/mol. The molecule has 0 aliphatic heterocycles. The fourth-order valence-electron chi connectivity index (χ4n) is 1.55. The van der Waals surface area contributed by atoms with Crippen molar-refractivity contribution >= 4 is 29.8 Å². The topological polar surface area (TPSA) is 65.0 Å². The lowest BCUT2D eigenvalue weighted by molar-refractivity contribution is -0.432. The first-order valence-electron chi connectivity index (χ1n) is 7.14. The van der Waals surface area contributed by atoms with Gasteiger partial charge in [0.2, 0.25) is 0 Å². The van der Waals surface area contributed by atoms with Gasteiger partial charge >= 0.3 is 5.97 Å². The minimum atomic E-state index is -0.117. The molecule has 7 heteroatoms. The number of esters is 1. The van der Waals surface area contributed by atoms with Crippen molar-refractivity contribution in [1.82, 2.24) is 0 Å². The van der Waals surface area contributed by atoms with Crippen molar-refractivity contribution in [1.29, 1.82) is 0 Å². The van der Waals surface area contributed by atoms with Crippen molar-refractivity contribution in [2.75, 3.05) is 23.9 Å². The first-order valence-corrected chi connectivity index (χ1v) is 9.20. The van der Waals surface area contributed by atoms with Crippen LogP contribution in [0.3, 0.4) is 0 Å². The molecule has 0 saturated carbocycles. The third-order valence-electron chi connectivity index (χ3n) is 2.60. The van der Waals surface area contributed by atoms with Crippen LogP contribution < -0.4 is 0 Å². The summed E-state index contributed by atoms with van der Waals surface area (Å²) >= 11 is 2.67. The summed E-state index contributed by atoms with van der Waals surface area (Å²) in [6, 6.07) is 0. The summed E-state index contributed by atoms with van der Waals surface area (Å²) in [6.45, 7) is 2.75. The van der Waals surface area contributed by atoms with Crippen LogP contribution in [0.25, 0.3) is 0 Å². The van der Waals surface area contributed by atoms with Gasteiger partial charge in [0.25, 0.3) is 0 Å². The van der Waals surface area contributed by atoms with Gasteiger partial charge < -0.3 is 4.74 Å². The average Bonchev–Trinajstić information content (AvgIpc) is 2.45. The van der Waals surface area contributed by atoms with E-state index in [0.29, 0.717) is 18.8 Å². The quantitative estimate of drug-likeness (QED) is 0.160. The predicted octanol–water partition coefficient (Wildman–Crippen LogP) is 4.08. The molecule has 20 heavy (non-hydrogen) atoms. The summed E-state index contributed by atoms with van der Waals surface area (Å²) in [4.78, 5) is 11.4. The molecule has 0 atom stereocenters. The van der Waals surface area contributed by atoms with Gasteiger partial charge in [0, 0.05) is 29.3 Å². The fraction of sp³-hybridized carbons (Fsp3) is 0.923. The van der Waals surface area contributed by atoms with Gasteiger partial charge in [0.15, 0.2) is 0 Å². The molecule has 0 bridgehead atoms. The molecule has 0 aliphatic carbocycles. The number of hydrogen-bond acceptors (Lipinski definition) is 7. The molecule has 0 rings (SSSR count). The Hall–Kier alpha value is 0.0500. The molecule has 0 radical (unpaired) electrons. The molecule has 0 amide bonds. The highest BCUT2D eigenvalue weighted by atomic mass is 32.2. The van der Waals surface area contributed by atoms with E-state index < -0.39 is 0 Å². The molecule has 0 fully saturated rings. The molecule has 0 aromatic carbocycles. The second kappa shape index (κ2) is 17.1. The molecule has 1 N–H and O–H groups in total. The highest BCUT2D eigenvalue weighted by Gasteiger charge is 2.02. The van der Waals surface area contributed by atoms with Gasteiger partial charge in [-0.25, -0.2) is 5.26 Å². The standard InChI is InChI=1S/C13H26O5S2/c1-2-3-4-5-6-7-9-16-13(14)8-10-19-11-12-20-18-17-15/h15H,2-12H2,1H3. The summed E-state index contributed by atoms with van der Waals surface area (Å²) in [7, 11) is 0. The number of thioether (sulfide) groups is 1. The van der Waals surface area contributed by atoms with Crippen LogP contribution in [0, 0.1) is 0 Å². The van der Waals surface area contributed by atoms with Crippen molar-refractivity contribution in [2.45, 2.75) is 51.9 Å². The number of ether oxygens (including phenoxy) is 1. The first kappa shape index (κ1) is 20.1. The van der Waals surface area contributed by atoms with E-state index in [9.17, 15) is 4.79 Å². The molecule has 0 heterocycles. The SMILES string of the molecule is CCCCCCCCOC(=O)CCSCCSOOO. The summed E-state index contributed by atoms with van der Waals surface area (Å²) in [5.41, 5.74) is 0. The van der Waals surface area contributed by atoms with Gasteiger partial charge in [0.05, 0.1) is 13.0 Å². The Labute approximate surface area is 130 Å². The average molecular weight is 326 g/mol. The van der Waals surface area contributed by atoms with Crippen LogP contribution in [0.5, 0.6) is 0 Å². The van der Waals surface area contributed by atoms with E-state index in [1.165, 1.54) is 25.7 Å². The highest BCUT2D eigenvalue weighted by molar-refractivity contribution is 8.01. The molecule has 120 valence electrons. The number of hydrogen-bond donors (Lipinski definition) is 1. The predicted molar refractivity (Wildman–Crippen MR) is 83.5 cm³/mol. The lowest BCUT2D eigenvalue weighted by Gasteiger charge is -2.05. The zero-order valence-corrected chi connectivity index (χ0v) is 13.8. The van der Waals surface area contributed by atoms with E-state index in [2.05, 4.69) is 16.3 Å². The van der Waals surface area contributed by atoms with E-state index in [-0.39, 0.29) is 5.97 Å². The molecule has 0 aromatic rings. The Kier molecular flexibility index (Phi) is 17.1. The lowest BCUT2D eigenvalue weighted by atomic mass is 10.1. The third kappa shape index (κ3) is 16.1. The zero-order valence-electron chi connectivity index (χ0n) is 12.2. The normalized spacial score (nSPS) is 10.7. The van der Waals surface area contributed by atoms with Crippen LogP contribution in [0.1, 0.15) is 51.9 Å². The first-order chi connectivity index (χ1) is 9.81. The second-order valence-corrected chi connectivity index (χ2v) is 6.32. The minimum Gasteiger partial charge on any atom is -0.466 e. The fourth-order valence-corrected chi connectivity index (χ4v) is 2.92. The number of unbranched alkanes of at least 4 members (excludes halogenated alkanes) is 5. The molecule has 0 spiro atoms. The number of carbonyl (C=O) groups is 1. The number of carbonyl (C=O) groups excluding carboxylic acids is 1. The smallest absolute Gasteiger partial charge is 0.306 e. The van der Waals surface area contributed by atoms with Crippen molar-refractivity contribution in [3.8, 4) is 0 Å². The monoisotopic (exact) mass is 326 g/mol. The van der Waals surface area contributed by atoms with E-state index in [1.54, 1.807) is 11.8 Å². The van der Waals surface area contributed by atoms with Crippen LogP contribution in [0.2, 0.25) is 0 Å². The largest absolute Gasteiger partial charge is 0.466 e. The van der Waals surface area contributed by atoms with Crippen molar-refractivity contribution in [2.24, 2.45) is 0 Å². The molecule has 0 saturated heterocycles. The summed E-state index contributed by atoms with van der Waals surface area (Å²) in [5.74, 6) is 2.15. The second-order valence-electron chi connectivity index (χ2n) is 4.32. The van der Waals surface area contributed by atoms with Crippen molar-refractivity contribution < 1.29 is 24.2 Å². The Morgan fingerprint density at radius 1 is 1.05 bits per heavy atom. The van der Waals surface area contributed by atoms with Gasteiger partial charge in [-0.2, -0.15) is 11.8 Å². The molecule has 0 unspecified atom stereocenters. The Balaban J connectivity index is 3.13. The third-order valence-corrected chi connectivity index (χ3v) is 4.37. The van der Waals surface area contributed by atoms with Crippen molar-refractivity contribution in [3.05, 3.63) is 0 Å². The maximum absolute atomic E-state index is 11.4.